The van der Waals surface area contributed by atoms with Crippen LogP contribution in [-0.2, 0) is 19.6 Å². The zero-order chi connectivity index (χ0) is 19.8. The number of nitrogens with one attached hydrogen (secondary N) is 2. The standard InChI is InChI=1S/C22H33N5S/c1-17(2)20-16-28-21(26-20)14-25-22(23-3)24-13-18-7-9-19(10-8-18)15-27-11-5-4-6-12-27/h7-10,16-17H,4-6,11-15H2,1-3H3,(H2,23,24,25). The molecular weight excluding hydrogens is 366 g/mol. The lowest BCUT2D eigenvalue weighted by Crippen LogP contribution is -2.36. The number of thiazole rings is 1. The molecule has 0 bridgehead atoms. The summed E-state index contributed by atoms with van der Waals surface area (Å²) in [6.07, 6.45) is 4.07. The van der Waals surface area contributed by atoms with Crippen molar-refractivity contribution in [2.45, 2.75) is 58.7 Å². The monoisotopic (exact) mass is 399 g/mol. The Labute approximate surface area is 173 Å². The molecule has 0 atom stereocenters. The maximum Gasteiger partial charge on any atom is 0.191 e. The second-order valence-electron chi connectivity index (χ2n) is 7.75. The first kappa shape index (κ1) is 20.8. The zero-order valence-electron chi connectivity index (χ0n) is 17.4. The fourth-order valence-electron chi connectivity index (χ4n) is 3.38. The first-order chi connectivity index (χ1) is 13.6. The average Bonchev–Trinajstić information content (AvgIpc) is 3.19. The van der Waals surface area contributed by atoms with E-state index in [2.05, 4.69) is 69.0 Å². The Balaban J connectivity index is 1.43. The van der Waals surface area contributed by atoms with Crippen LogP contribution >= 0.6 is 11.3 Å². The van der Waals surface area contributed by atoms with Crippen LogP contribution in [0.5, 0.6) is 0 Å². The molecule has 0 aliphatic carbocycles. The number of aliphatic imine (C=N–C) groups is 1. The first-order valence-corrected chi connectivity index (χ1v) is 11.2. The summed E-state index contributed by atoms with van der Waals surface area (Å²) >= 11 is 1.70. The average molecular weight is 400 g/mol. The van der Waals surface area contributed by atoms with Crippen molar-refractivity contribution in [2.75, 3.05) is 20.1 Å². The Morgan fingerprint density at radius 1 is 1.07 bits per heavy atom. The van der Waals surface area contributed by atoms with Crippen molar-refractivity contribution < 1.29 is 0 Å². The van der Waals surface area contributed by atoms with E-state index in [1.165, 1.54) is 43.5 Å². The molecule has 1 aliphatic heterocycles. The van der Waals surface area contributed by atoms with Crippen molar-refractivity contribution in [3.05, 3.63) is 51.5 Å². The van der Waals surface area contributed by atoms with Gasteiger partial charge < -0.3 is 10.6 Å². The molecule has 1 aromatic heterocycles. The van der Waals surface area contributed by atoms with Gasteiger partial charge >= 0.3 is 0 Å². The number of hydrogen-bond acceptors (Lipinski definition) is 4. The van der Waals surface area contributed by atoms with Crippen molar-refractivity contribution in [1.82, 2.24) is 20.5 Å². The molecule has 0 saturated carbocycles. The van der Waals surface area contributed by atoms with E-state index in [0.29, 0.717) is 12.5 Å². The molecule has 3 rings (SSSR count). The van der Waals surface area contributed by atoms with Gasteiger partial charge in [-0.15, -0.1) is 11.3 Å². The Hall–Kier alpha value is -1.92. The maximum atomic E-state index is 4.66. The van der Waals surface area contributed by atoms with Gasteiger partial charge in [-0.3, -0.25) is 9.89 Å². The van der Waals surface area contributed by atoms with Crippen molar-refractivity contribution in [2.24, 2.45) is 4.99 Å². The van der Waals surface area contributed by atoms with Gasteiger partial charge in [0.25, 0.3) is 0 Å². The minimum absolute atomic E-state index is 0.473. The minimum Gasteiger partial charge on any atom is -0.352 e. The van der Waals surface area contributed by atoms with E-state index in [1.54, 1.807) is 18.4 Å². The molecule has 2 aromatic rings. The SMILES string of the molecule is CN=C(NCc1ccc(CN2CCCCC2)cc1)NCc1nc(C(C)C)cs1. The molecule has 1 saturated heterocycles. The van der Waals surface area contributed by atoms with Crippen molar-refractivity contribution in [3.63, 3.8) is 0 Å². The van der Waals surface area contributed by atoms with Crippen molar-refractivity contribution in [1.29, 1.82) is 0 Å². The third-order valence-corrected chi connectivity index (χ3v) is 6.00. The Morgan fingerprint density at radius 2 is 1.75 bits per heavy atom. The van der Waals surface area contributed by atoms with Crippen LogP contribution in [0.4, 0.5) is 0 Å². The number of hydrogen-bond donors (Lipinski definition) is 2. The number of benzene rings is 1. The summed E-state index contributed by atoms with van der Waals surface area (Å²) in [5.74, 6) is 1.28. The van der Waals surface area contributed by atoms with Crippen molar-refractivity contribution >= 4 is 17.3 Å². The highest BCUT2D eigenvalue weighted by Crippen LogP contribution is 2.17. The van der Waals surface area contributed by atoms with E-state index in [9.17, 15) is 0 Å². The first-order valence-electron chi connectivity index (χ1n) is 10.3. The lowest BCUT2D eigenvalue weighted by molar-refractivity contribution is 0.221. The maximum absolute atomic E-state index is 4.66. The van der Waals surface area contributed by atoms with Gasteiger partial charge in [0.05, 0.1) is 12.2 Å². The van der Waals surface area contributed by atoms with Gasteiger partial charge in [0.2, 0.25) is 0 Å². The molecule has 2 heterocycles. The Kier molecular flexibility index (Phi) is 7.86. The second kappa shape index (κ2) is 10.6. The summed E-state index contributed by atoms with van der Waals surface area (Å²) < 4.78 is 0. The summed E-state index contributed by atoms with van der Waals surface area (Å²) in [7, 11) is 1.80. The lowest BCUT2D eigenvalue weighted by Gasteiger charge is -2.26. The van der Waals surface area contributed by atoms with Gasteiger partial charge in [-0.25, -0.2) is 4.98 Å². The van der Waals surface area contributed by atoms with Crippen LogP contribution < -0.4 is 10.6 Å². The van der Waals surface area contributed by atoms with Crippen LogP contribution in [0.2, 0.25) is 0 Å². The highest BCUT2D eigenvalue weighted by Gasteiger charge is 2.10. The summed E-state index contributed by atoms with van der Waals surface area (Å²) in [5, 5.41) is 9.98. The molecule has 0 radical (unpaired) electrons. The normalized spacial score (nSPS) is 15.8. The van der Waals surface area contributed by atoms with Gasteiger partial charge in [-0.05, 0) is 43.0 Å². The third-order valence-electron chi connectivity index (χ3n) is 5.13. The number of likely N-dealkylation sites (tertiary alicyclic amines) is 1. The van der Waals surface area contributed by atoms with Gasteiger partial charge in [0, 0.05) is 25.5 Å². The van der Waals surface area contributed by atoms with E-state index in [0.717, 1.165) is 29.8 Å². The quantitative estimate of drug-likeness (QED) is 0.543. The topological polar surface area (TPSA) is 52.6 Å². The van der Waals surface area contributed by atoms with E-state index in [1.807, 2.05) is 0 Å². The van der Waals surface area contributed by atoms with E-state index in [-0.39, 0.29) is 0 Å². The molecule has 152 valence electrons. The summed E-state index contributed by atoms with van der Waals surface area (Å²) in [4.78, 5) is 11.5. The fourth-order valence-corrected chi connectivity index (χ4v) is 4.27. The van der Waals surface area contributed by atoms with Crippen LogP contribution in [0.3, 0.4) is 0 Å². The number of piperidine rings is 1. The zero-order valence-corrected chi connectivity index (χ0v) is 18.2. The largest absolute Gasteiger partial charge is 0.352 e. The van der Waals surface area contributed by atoms with Crippen molar-refractivity contribution in [3.8, 4) is 0 Å². The predicted molar refractivity (Wildman–Crippen MR) is 119 cm³/mol. The highest BCUT2D eigenvalue weighted by molar-refractivity contribution is 7.09. The molecule has 28 heavy (non-hydrogen) atoms. The molecule has 2 N–H and O–H groups in total. The number of nitrogens with zero attached hydrogens (tertiary/aromatic N) is 3. The number of rotatable bonds is 7. The van der Waals surface area contributed by atoms with Crippen LogP contribution in [0.1, 0.15) is 60.9 Å². The fraction of sp³-hybridized carbons (Fsp3) is 0.545. The van der Waals surface area contributed by atoms with Gasteiger partial charge in [0.15, 0.2) is 5.96 Å². The number of aromatic nitrogens is 1. The lowest BCUT2D eigenvalue weighted by atomic mass is 10.1. The van der Waals surface area contributed by atoms with E-state index < -0.39 is 0 Å². The predicted octanol–water partition coefficient (Wildman–Crippen LogP) is 4.12. The summed E-state index contributed by atoms with van der Waals surface area (Å²) in [5.41, 5.74) is 3.83. The summed E-state index contributed by atoms with van der Waals surface area (Å²) in [6, 6.07) is 8.94. The van der Waals surface area contributed by atoms with Gasteiger partial charge in [0.1, 0.15) is 5.01 Å². The highest BCUT2D eigenvalue weighted by atomic mass is 32.1. The van der Waals surface area contributed by atoms with E-state index in [4.69, 9.17) is 0 Å². The molecule has 1 aliphatic rings. The molecule has 0 spiro atoms. The molecule has 6 heteroatoms. The summed E-state index contributed by atoms with van der Waals surface area (Å²) in [6.45, 7) is 9.36. The molecule has 5 nitrogen and oxygen atoms in total. The van der Waals surface area contributed by atoms with Crippen LogP contribution in [0.15, 0.2) is 34.6 Å². The third kappa shape index (κ3) is 6.31. The molecule has 0 unspecified atom stereocenters. The smallest absolute Gasteiger partial charge is 0.191 e. The molecular formula is C22H33N5S. The van der Waals surface area contributed by atoms with E-state index >= 15 is 0 Å². The van der Waals surface area contributed by atoms with Gasteiger partial charge in [-0.1, -0.05) is 44.5 Å². The second-order valence-corrected chi connectivity index (χ2v) is 8.70. The van der Waals surface area contributed by atoms with Crippen LogP contribution in [0.25, 0.3) is 0 Å². The Morgan fingerprint density at radius 3 is 2.39 bits per heavy atom. The molecule has 0 amide bonds. The molecule has 1 fully saturated rings. The Bertz CT molecular complexity index is 745. The van der Waals surface area contributed by atoms with Crippen LogP contribution in [0, 0.1) is 0 Å². The van der Waals surface area contributed by atoms with Crippen LogP contribution in [-0.4, -0.2) is 36.0 Å². The minimum atomic E-state index is 0.473. The number of guanidine groups is 1. The van der Waals surface area contributed by atoms with Gasteiger partial charge in [-0.2, -0.15) is 0 Å². The molecule has 1 aromatic carbocycles.